The van der Waals surface area contributed by atoms with Gasteiger partial charge in [0.05, 0.1) is 6.10 Å². The number of methoxy groups -OCH3 is 1. The molecule has 0 heterocycles. The van der Waals surface area contributed by atoms with Crippen molar-refractivity contribution in [1.82, 2.24) is 0 Å². The van der Waals surface area contributed by atoms with Gasteiger partial charge in [0.1, 0.15) is 0 Å². The van der Waals surface area contributed by atoms with E-state index >= 15 is 0 Å². The molecule has 0 saturated heterocycles. The molecule has 1 unspecified atom stereocenters. The van der Waals surface area contributed by atoms with Crippen molar-refractivity contribution in [3.8, 4) is 0 Å². The Morgan fingerprint density at radius 2 is 1.69 bits per heavy atom. The molecule has 1 aliphatic carbocycles. The summed E-state index contributed by atoms with van der Waals surface area (Å²) in [5.74, 6) is 2.82. The van der Waals surface area contributed by atoms with Crippen LogP contribution >= 0.6 is 0 Å². The lowest BCUT2D eigenvalue weighted by Gasteiger charge is -2.33. The number of hydrogen-bond donors (Lipinski definition) is 0. The molecule has 1 fully saturated rings. The van der Waals surface area contributed by atoms with Gasteiger partial charge in [-0.05, 0) is 49.9 Å². The predicted molar refractivity (Wildman–Crippen MR) is 70.6 cm³/mol. The second-order valence-corrected chi connectivity index (χ2v) is 5.91. The van der Waals surface area contributed by atoms with Crippen LogP contribution in [0.3, 0.4) is 0 Å². The van der Waals surface area contributed by atoms with Crippen LogP contribution in [-0.4, -0.2) is 13.2 Å². The van der Waals surface area contributed by atoms with Gasteiger partial charge in [0.15, 0.2) is 0 Å². The Hall–Kier alpha value is -0.0400. The molecule has 1 heteroatoms. The van der Waals surface area contributed by atoms with E-state index in [0.29, 0.717) is 6.10 Å². The highest BCUT2D eigenvalue weighted by Gasteiger charge is 2.26. The van der Waals surface area contributed by atoms with Crippen molar-refractivity contribution >= 4 is 0 Å². The van der Waals surface area contributed by atoms with Crippen molar-refractivity contribution in [2.24, 2.45) is 17.8 Å². The Balaban J connectivity index is 2.31. The summed E-state index contributed by atoms with van der Waals surface area (Å²) in [5, 5.41) is 0. The van der Waals surface area contributed by atoms with Gasteiger partial charge < -0.3 is 4.74 Å². The molecule has 0 amide bonds. The van der Waals surface area contributed by atoms with Gasteiger partial charge in [0, 0.05) is 7.11 Å². The van der Waals surface area contributed by atoms with Gasteiger partial charge in [0.25, 0.3) is 0 Å². The highest BCUT2D eigenvalue weighted by Crippen LogP contribution is 2.35. The van der Waals surface area contributed by atoms with Crippen LogP contribution in [0, 0.1) is 17.8 Å². The highest BCUT2D eigenvalue weighted by molar-refractivity contribution is 4.77. The molecule has 1 nitrogen and oxygen atoms in total. The monoisotopic (exact) mass is 226 g/mol. The van der Waals surface area contributed by atoms with E-state index in [1.54, 1.807) is 0 Å². The van der Waals surface area contributed by atoms with Crippen LogP contribution in [0.5, 0.6) is 0 Å². The van der Waals surface area contributed by atoms with Crippen LogP contribution in [0.15, 0.2) is 0 Å². The quantitative estimate of drug-likeness (QED) is 0.640. The van der Waals surface area contributed by atoms with E-state index in [-0.39, 0.29) is 0 Å². The highest BCUT2D eigenvalue weighted by atomic mass is 16.5. The summed E-state index contributed by atoms with van der Waals surface area (Å²) in [6.07, 6.45) is 10.1. The first-order chi connectivity index (χ1) is 7.67. The molecule has 0 aliphatic heterocycles. The predicted octanol–water partition coefficient (Wildman–Crippen LogP) is 4.65. The van der Waals surface area contributed by atoms with Gasteiger partial charge in [-0.2, -0.15) is 0 Å². The molecule has 0 spiro atoms. The third-order valence-corrected chi connectivity index (χ3v) is 4.36. The minimum atomic E-state index is 0.554. The third kappa shape index (κ3) is 4.45. The lowest BCUT2D eigenvalue weighted by molar-refractivity contribution is 0.0443. The number of ether oxygens (including phenoxy) is 1. The standard InChI is InChI=1S/C15H30O/c1-5-13(7-6-12(2)3)14-8-10-15(16-4)11-9-14/h12-15H,5-11H2,1-4H3. The largest absolute Gasteiger partial charge is 0.381 e. The fraction of sp³-hybridized carbons (Fsp3) is 1.00. The first-order valence-electron chi connectivity index (χ1n) is 7.20. The average molecular weight is 226 g/mol. The van der Waals surface area contributed by atoms with E-state index in [9.17, 15) is 0 Å². The smallest absolute Gasteiger partial charge is 0.0571 e. The Bertz CT molecular complexity index is 168. The van der Waals surface area contributed by atoms with Crippen molar-refractivity contribution < 1.29 is 4.74 Å². The molecule has 0 radical (unpaired) electrons. The fourth-order valence-electron chi connectivity index (χ4n) is 3.12. The van der Waals surface area contributed by atoms with Crippen LogP contribution in [0.4, 0.5) is 0 Å². The second kappa shape index (κ2) is 7.32. The minimum absolute atomic E-state index is 0.554. The molecule has 1 rings (SSSR count). The van der Waals surface area contributed by atoms with Gasteiger partial charge in [-0.1, -0.05) is 33.6 Å². The van der Waals surface area contributed by atoms with E-state index in [2.05, 4.69) is 20.8 Å². The van der Waals surface area contributed by atoms with E-state index in [1.807, 2.05) is 7.11 Å². The van der Waals surface area contributed by atoms with Gasteiger partial charge >= 0.3 is 0 Å². The van der Waals surface area contributed by atoms with Gasteiger partial charge in [-0.15, -0.1) is 0 Å². The lowest BCUT2D eigenvalue weighted by atomic mass is 9.75. The van der Waals surface area contributed by atoms with E-state index in [0.717, 1.165) is 17.8 Å². The number of hydrogen-bond acceptors (Lipinski definition) is 1. The third-order valence-electron chi connectivity index (χ3n) is 4.36. The maximum absolute atomic E-state index is 5.45. The Morgan fingerprint density at radius 3 is 2.12 bits per heavy atom. The van der Waals surface area contributed by atoms with Crippen molar-refractivity contribution in [2.45, 2.75) is 71.8 Å². The van der Waals surface area contributed by atoms with Gasteiger partial charge in [0.2, 0.25) is 0 Å². The Kier molecular flexibility index (Phi) is 6.41. The first-order valence-corrected chi connectivity index (χ1v) is 7.20. The van der Waals surface area contributed by atoms with Crippen molar-refractivity contribution in [3.05, 3.63) is 0 Å². The zero-order valence-electron chi connectivity index (χ0n) is 11.7. The molecule has 1 saturated carbocycles. The van der Waals surface area contributed by atoms with Crippen LogP contribution in [0.25, 0.3) is 0 Å². The molecule has 96 valence electrons. The molecular formula is C15H30O. The number of rotatable bonds is 6. The Labute approximate surface area is 102 Å². The second-order valence-electron chi connectivity index (χ2n) is 5.91. The van der Waals surface area contributed by atoms with Crippen molar-refractivity contribution in [3.63, 3.8) is 0 Å². The van der Waals surface area contributed by atoms with Crippen LogP contribution in [0.2, 0.25) is 0 Å². The normalized spacial score (nSPS) is 28.3. The lowest BCUT2D eigenvalue weighted by Crippen LogP contribution is -2.25. The van der Waals surface area contributed by atoms with Crippen LogP contribution in [0.1, 0.15) is 65.7 Å². The summed E-state index contributed by atoms with van der Waals surface area (Å²) >= 11 is 0. The topological polar surface area (TPSA) is 9.23 Å². The minimum Gasteiger partial charge on any atom is -0.381 e. The van der Waals surface area contributed by atoms with E-state index in [4.69, 9.17) is 4.74 Å². The summed E-state index contributed by atoms with van der Waals surface area (Å²) in [7, 11) is 1.86. The summed E-state index contributed by atoms with van der Waals surface area (Å²) in [6.45, 7) is 7.05. The summed E-state index contributed by atoms with van der Waals surface area (Å²) in [6, 6.07) is 0. The fourth-order valence-corrected chi connectivity index (χ4v) is 3.12. The maximum atomic E-state index is 5.45. The summed E-state index contributed by atoms with van der Waals surface area (Å²) < 4.78 is 5.45. The molecule has 0 aromatic heterocycles. The molecule has 1 atom stereocenters. The van der Waals surface area contributed by atoms with E-state index in [1.165, 1.54) is 44.9 Å². The van der Waals surface area contributed by atoms with Crippen LogP contribution in [-0.2, 0) is 4.74 Å². The van der Waals surface area contributed by atoms with E-state index < -0.39 is 0 Å². The van der Waals surface area contributed by atoms with Crippen LogP contribution < -0.4 is 0 Å². The SMILES string of the molecule is CCC(CCC(C)C)C1CCC(OC)CC1. The van der Waals surface area contributed by atoms with Crippen molar-refractivity contribution in [1.29, 1.82) is 0 Å². The summed E-state index contributed by atoms with van der Waals surface area (Å²) in [4.78, 5) is 0. The van der Waals surface area contributed by atoms with Gasteiger partial charge in [-0.3, -0.25) is 0 Å². The summed E-state index contributed by atoms with van der Waals surface area (Å²) in [5.41, 5.74) is 0. The molecule has 16 heavy (non-hydrogen) atoms. The maximum Gasteiger partial charge on any atom is 0.0571 e. The molecule has 0 aromatic rings. The molecule has 0 aromatic carbocycles. The van der Waals surface area contributed by atoms with Crippen molar-refractivity contribution in [2.75, 3.05) is 7.11 Å². The average Bonchev–Trinajstić information content (AvgIpc) is 2.30. The molecular weight excluding hydrogens is 196 g/mol. The molecule has 0 N–H and O–H groups in total. The first kappa shape index (κ1) is 14.0. The Morgan fingerprint density at radius 1 is 1.06 bits per heavy atom. The van der Waals surface area contributed by atoms with Gasteiger partial charge in [-0.25, -0.2) is 0 Å². The molecule has 0 bridgehead atoms. The zero-order valence-corrected chi connectivity index (χ0v) is 11.7. The molecule has 1 aliphatic rings. The zero-order chi connectivity index (χ0) is 12.0.